The Morgan fingerprint density at radius 2 is 2.00 bits per heavy atom. The topological polar surface area (TPSA) is 94.0 Å². The lowest BCUT2D eigenvalue weighted by atomic mass is 10.0. The third kappa shape index (κ3) is 3.32. The van der Waals surface area contributed by atoms with E-state index >= 15 is 0 Å². The number of carbonyl (C=O) groups is 1. The van der Waals surface area contributed by atoms with Crippen LogP contribution in [0.4, 0.5) is 21.0 Å². The Balaban J connectivity index is 1.53. The lowest BCUT2D eigenvalue weighted by molar-refractivity contribution is 0.100. The van der Waals surface area contributed by atoms with Gasteiger partial charge in [0, 0.05) is 17.7 Å². The van der Waals surface area contributed by atoms with E-state index in [1.165, 1.54) is 25.0 Å². The molecule has 1 aliphatic rings. The van der Waals surface area contributed by atoms with Gasteiger partial charge in [-0.1, -0.05) is 29.3 Å². The van der Waals surface area contributed by atoms with Gasteiger partial charge >= 0.3 is 0 Å². The highest BCUT2D eigenvalue weighted by atomic mass is 32.1. The summed E-state index contributed by atoms with van der Waals surface area (Å²) in [6.07, 6.45) is 4.52. The molecule has 134 valence electrons. The van der Waals surface area contributed by atoms with E-state index in [9.17, 15) is 9.18 Å². The van der Waals surface area contributed by atoms with Gasteiger partial charge in [0.05, 0.1) is 5.69 Å². The summed E-state index contributed by atoms with van der Waals surface area (Å²) in [7, 11) is 0. The monoisotopic (exact) mass is 372 g/mol. The molecule has 0 spiro atoms. The summed E-state index contributed by atoms with van der Waals surface area (Å²) in [5.41, 5.74) is 7.39. The molecule has 2 aromatic heterocycles. The minimum absolute atomic E-state index is 0.128. The van der Waals surface area contributed by atoms with Crippen molar-refractivity contribution >= 4 is 33.8 Å². The van der Waals surface area contributed by atoms with Crippen LogP contribution in [0.5, 0.6) is 0 Å². The number of aromatic nitrogens is 2. The van der Waals surface area contributed by atoms with Gasteiger partial charge in [-0.15, -0.1) is 0 Å². The van der Waals surface area contributed by atoms with Crippen LogP contribution in [0.3, 0.4) is 0 Å². The van der Waals surface area contributed by atoms with Crippen LogP contribution in [0.2, 0.25) is 0 Å². The van der Waals surface area contributed by atoms with E-state index in [1.54, 1.807) is 18.2 Å². The molecule has 1 fully saturated rings. The van der Waals surface area contributed by atoms with Gasteiger partial charge in [0.25, 0.3) is 0 Å². The Morgan fingerprint density at radius 1 is 1.27 bits per heavy atom. The van der Waals surface area contributed by atoms with Crippen molar-refractivity contribution in [3.63, 3.8) is 0 Å². The molecular weight excluding hydrogens is 355 g/mol. The number of halogens is 1. The molecule has 1 saturated carbocycles. The van der Waals surface area contributed by atoms with Gasteiger partial charge in [-0.3, -0.25) is 4.79 Å². The molecule has 2 heterocycles. The standard InChI is InChI=1S/C18H17FN4O2S/c19-11-5-7-12(8-6-11)21-18-22-17(20)16(26-18)15(24)14-9-13(23-25-14)10-3-1-2-4-10/h5-10H,1-4,20H2,(H,21,22). The number of hydrogen-bond donors (Lipinski definition) is 2. The van der Waals surface area contributed by atoms with Gasteiger partial charge in [-0.25, -0.2) is 9.37 Å². The molecule has 0 bridgehead atoms. The second kappa shape index (κ2) is 6.87. The minimum atomic E-state index is -0.330. The van der Waals surface area contributed by atoms with Crippen molar-refractivity contribution in [2.24, 2.45) is 0 Å². The fourth-order valence-electron chi connectivity index (χ4n) is 3.13. The van der Waals surface area contributed by atoms with Crippen LogP contribution in [0.15, 0.2) is 34.9 Å². The predicted octanol–water partition coefficient (Wildman–Crippen LogP) is 4.48. The average molecular weight is 372 g/mol. The molecule has 6 nitrogen and oxygen atoms in total. The number of nitrogen functional groups attached to an aromatic ring is 1. The van der Waals surface area contributed by atoms with E-state index in [0.29, 0.717) is 21.6 Å². The van der Waals surface area contributed by atoms with Crippen LogP contribution >= 0.6 is 11.3 Å². The third-order valence-corrected chi connectivity index (χ3v) is 5.47. The molecule has 0 aliphatic heterocycles. The Bertz CT molecular complexity index is 929. The average Bonchev–Trinajstić information content (AvgIpc) is 3.36. The van der Waals surface area contributed by atoms with Crippen LogP contribution in [-0.2, 0) is 0 Å². The molecule has 1 aliphatic carbocycles. The summed E-state index contributed by atoms with van der Waals surface area (Å²) in [5.74, 6) is 0.0196. The molecule has 8 heteroatoms. The first-order valence-electron chi connectivity index (χ1n) is 8.40. The van der Waals surface area contributed by atoms with Crippen LogP contribution in [0.25, 0.3) is 0 Å². The maximum atomic E-state index is 13.0. The second-order valence-corrected chi connectivity index (χ2v) is 7.29. The number of carbonyl (C=O) groups excluding carboxylic acids is 1. The van der Waals surface area contributed by atoms with Crippen LogP contribution < -0.4 is 11.1 Å². The molecule has 0 amide bonds. The van der Waals surface area contributed by atoms with E-state index in [2.05, 4.69) is 15.5 Å². The Kier molecular flexibility index (Phi) is 4.42. The summed E-state index contributed by atoms with van der Waals surface area (Å²) in [6.45, 7) is 0. The van der Waals surface area contributed by atoms with Crippen LogP contribution in [0.1, 0.15) is 52.7 Å². The van der Waals surface area contributed by atoms with Crippen molar-refractivity contribution in [3.05, 3.63) is 52.5 Å². The zero-order chi connectivity index (χ0) is 18.1. The lowest BCUT2D eigenvalue weighted by Crippen LogP contribution is -2.01. The fourth-order valence-corrected chi connectivity index (χ4v) is 3.98. The minimum Gasteiger partial charge on any atom is -0.382 e. The van der Waals surface area contributed by atoms with E-state index < -0.39 is 0 Å². The largest absolute Gasteiger partial charge is 0.382 e. The second-order valence-electron chi connectivity index (χ2n) is 6.29. The van der Waals surface area contributed by atoms with Crippen molar-refractivity contribution in [2.45, 2.75) is 31.6 Å². The first-order chi connectivity index (χ1) is 12.6. The number of ketones is 1. The normalized spacial score (nSPS) is 14.7. The summed E-state index contributed by atoms with van der Waals surface area (Å²) >= 11 is 1.12. The highest BCUT2D eigenvalue weighted by molar-refractivity contribution is 7.18. The molecule has 0 saturated heterocycles. The first-order valence-corrected chi connectivity index (χ1v) is 9.22. The summed E-state index contributed by atoms with van der Waals surface area (Å²) in [4.78, 5) is 17.1. The fraction of sp³-hybridized carbons (Fsp3) is 0.278. The van der Waals surface area contributed by atoms with E-state index in [1.807, 2.05) is 0 Å². The zero-order valence-corrected chi connectivity index (χ0v) is 14.7. The van der Waals surface area contributed by atoms with Crippen molar-refractivity contribution in [3.8, 4) is 0 Å². The van der Waals surface area contributed by atoms with Crippen molar-refractivity contribution in [2.75, 3.05) is 11.1 Å². The Hall–Kier alpha value is -2.74. The van der Waals surface area contributed by atoms with Crippen molar-refractivity contribution in [1.82, 2.24) is 10.1 Å². The Labute approximate surface area is 153 Å². The number of nitrogens with two attached hydrogens (primary N) is 1. The molecule has 4 rings (SSSR count). The smallest absolute Gasteiger partial charge is 0.244 e. The van der Waals surface area contributed by atoms with Gasteiger partial charge in [0.2, 0.25) is 11.5 Å². The summed E-state index contributed by atoms with van der Waals surface area (Å²) < 4.78 is 18.2. The first kappa shape index (κ1) is 16.7. The highest BCUT2D eigenvalue weighted by Gasteiger charge is 2.25. The van der Waals surface area contributed by atoms with E-state index in [4.69, 9.17) is 10.3 Å². The number of thiazole rings is 1. The maximum absolute atomic E-state index is 13.0. The number of benzene rings is 1. The Morgan fingerprint density at radius 3 is 2.73 bits per heavy atom. The molecule has 1 aromatic carbocycles. The van der Waals surface area contributed by atoms with E-state index in [0.717, 1.165) is 29.9 Å². The number of nitrogens with zero attached hydrogens (tertiary/aromatic N) is 2. The van der Waals surface area contributed by atoms with Gasteiger partial charge < -0.3 is 15.6 Å². The summed E-state index contributed by atoms with van der Waals surface area (Å²) in [6, 6.07) is 7.55. The van der Waals surface area contributed by atoms with Crippen molar-refractivity contribution in [1.29, 1.82) is 0 Å². The third-order valence-electron chi connectivity index (χ3n) is 4.48. The highest BCUT2D eigenvalue weighted by Crippen LogP contribution is 2.35. The zero-order valence-electron chi connectivity index (χ0n) is 13.9. The molecule has 3 aromatic rings. The molecule has 0 unspecified atom stereocenters. The number of nitrogens with one attached hydrogen (secondary N) is 1. The van der Waals surface area contributed by atoms with E-state index in [-0.39, 0.29) is 23.2 Å². The predicted molar refractivity (Wildman–Crippen MR) is 97.4 cm³/mol. The number of rotatable bonds is 5. The summed E-state index contributed by atoms with van der Waals surface area (Å²) in [5, 5.41) is 7.52. The van der Waals surface area contributed by atoms with Gasteiger partial charge in [0.15, 0.2) is 5.13 Å². The molecular formula is C18H17FN4O2S. The number of anilines is 3. The SMILES string of the molecule is Nc1nc(Nc2ccc(F)cc2)sc1C(=O)c1cc(C2CCCC2)no1. The lowest BCUT2D eigenvalue weighted by Gasteiger charge is -2.01. The van der Waals surface area contributed by atoms with Crippen LogP contribution in [-0.4, -0.2) is 15.9 Å². The molecule has 3 N–H and O–H groups in total. The molecule has 0 atom stereocenters. The van der Waals surface area contributed by atoms with Gasteiger partial charge in [0.1, 0.15) is 16.5 Å². The maximum Gasteiger partial charge on any atom is 0.244 e. The molecule has 26 heavy (non-hydrogen) atoms. The van der Waals surface area contributed by atoms with Crippen molar-refractivity contribution < 1.29 is 13.7 Å². The molecule has 0 radical (unpaired) electrons. The van der Waals surface area contributed by atoms with Crippen LogP contribution in [0, 0.1) is 5.82 Å². The quantitative estimate of drug-likeness (QED) is 0.641. The van der Waals surface area contributed by atoms with Gasteiger partial charge in [-0.2, -0.15) is 0 Å². The number of hydrogen-bond acceptors (Lipinski definition) is 7. The van der Waals surface area contributed by atoms with Gasteiger partial charge in [-0.05, 0) is 37.1 Å².